The van der Waals surface area contributed by atoms with Gasteiger partial charge in [0.1, 0.15) is 13.2 Å². The van der Waals surface area contributed by atoms with E-state index in [1.807, 2.05) is 21.1 Å². The number of nitrogens with zero attached hydrogens (tertiary/aromatic N) is 1. The van der Waals surface area contributed by atoms with Crippen LogP contribution in [0.2, 0.25) is 0 Å². The van der Waals surface area contributed by atoms with Gasteiger partial charge >= 0.3 is 0 Å². The second-order valence-corrected chi connectivity index (χ2v) is 24.9. The van der Waals surface area contributed by atoms with Crippen LogP contribution in [0.5, 0.6) is 0 Å². The van der Waals surface area contributed by atoms with Crippen LogP contribution in [0.25, 0.3) is 0 Å². The Bertz CT molecular complexity index is 1550. The maximum Gasteiger partial charge on any atom is 0.268 e. The molecule has 0 radical (unpaired) electrons. The highest BCUT2D eigenvalue weighted by molar-refractivity contribution is 7.45. The number of phosphoric acid groups is 1. The lowest BCUT2D eigenvalue weighted by molar-refractivity contribution is -0.870. The Kier molecular flexibility index (Phi) is 57.5. The Morgan fingerprint density at radius 3 is 1.09 bits per heavy atom. The molecule has 0 aliphatic carbocycles. The van der Waals surface area contributed by atoms with E-state index in [-0.39, 0.29) is 25.5 Å². The number of hydrogen-bond donors (Lipinski definition) is 2. The molecule has 0 bridgehead atoms. The number of hydrogen-bond acceptors (Lipinski definition) is 6. The van der Waals surface area contributed by atoms with E-state index in [1.54, 1.807) is 0 Å². The molecule has 1 amide bonds. The second kappa shape index (κ2) is 59.3. The fraction of sp³-hybridized carbons (Fsp3) is 0.783. The number of allylic oxidation sites excluding steroid dienone is 14. The van der Waals surface area contributed by atoms with E-state index in [0.29, 0.717) is 23.9 Å². The fourth-order valence-corrected chi connectivity index (χ4v) is 10.3. The Hall–Kier alpha value is -2.32. The first-order valence-electron chi connectivity index (χ1n) is 32.9. The van der Waals surface area contributed by atoms with Crippen molar-refractivity contribution in [2.75, 3.05) is 40.9 Å². The summed E-state index contributed by atoms with van der Waals surface area (Å²) in [5, 5.41) is 14.0. The molecule has 0 aromatic rings. The van der Waals surface area contributed by atoms with Gasteiger partial charge in [-0.3, -0.25) is 9.36 Å². The van der Waals surface area contributed by atoms with Crippen molar-refractivity contribution in [2.45, 2.75) is 309 Å². The number of carbonyl (C=O) groups excluding carboxylic acids is 1. The van der Waals surface area contributed by atoms with E-state index >= 15 is 0 Å². The molecular formula is C69H127N2O6P. The Labute approximate surface area is 484 Å². The minimum Gasteiger partial charge on any atom is -0.756 e. The lowest BCUT2D eigenvalue weighted by atomic mass is 10.0. The molecule has 0 saturated carbocycles. The second-order valence-electron chi connectivity index (χ2n) is 23.4. The molecule has 9 heteroatoms. The molecule has 0 rings (SSSR count). The third kappa shape index (κ3) is 61.3. The monoisotopic (exact) mass is 1110 g/mol. The number of aliphatic hydroxyl groups excluding tert-OH is 1. The molecular weight excluding hydrogens is 984 g/mol. The number of phosphoric ester groups is 1. The van der Waals surface area contributed by atoms with Crippen LogP contribution in [-0.4, -0.2) is 68.5 Å². The van der Waals surface area contributed by atoms with Crippen LogP contribution in [-0.2, 0) is 18.4 Å². The van der Waals surface area contributed by atoms with E-state index in [9.17, 15) is 19.4 Å². The van der Waals surface area contributed by atoms with Crippen molar-refractivity contribution in [3.8, 4) is 0 Å². The zero-order valence-corrected chi connectivity index (χ0v) is 52.7. The van der Waals surface area contributed by atoms with Crippen LogP contribution >= 0.6 is 7.82 Å². The van der Waals surface area contributed by atoms with Crippen molar-refractivity contribution in [2.24, 2.45) is 0 Å². The number of nitrogens with one attached hydrogen (secondary N) is 1. The maximum absolute atomic E-state index is 13.0. The molecule has 454 valence electrons. The molecule has 0 aromatic heterocycles. The number of aliphatic hydroxyl groups is 1. The number of quaternary nitrogens is 1. The van der Waals surface area contributed by atoms with E-state index < -0.39 is 20.0 Å². The molecule has 78 heavy (non-hydrogen) atoms. The number of likely N-dealkylation sites (N-methyl/N-ethyl adjacent to an activating group) is 1. The average molecular weight is 1110 g/mol. The van der Waals surface area contributed by atoms with Crippen LogP contribution in [0, 0.1) is 0 Å². The Balaban J connectivity index is 4.12. The number of amides is 1. The summed E-state index contributed by atoms with van der Waals surface area (Å²) in [7, 11) is 1.26. The third-order valence-electron chi connectivity index (χ3n) is 14.6. The summed E-state index contributed by atoms with van der Waals surface area (Å²) in [6.45, 7) is 4.59. The summed E-state index contributed by atoms with van der Waals surface area (Å²) in [5.74, 6) is -0.221. The molecule has 0 aromatic carbocycles. The minimum atomic E-state index is -4.60. The predicted octanol–water partition coefficient (Wildman–Crippen LogP) is 20.1. The Morgan fingerprint density at radius 2 is 0.769 bits per heavy atom. The van der Waals surface area contributed by atoms with Gasteiger partial charge in [0, 0.05) is 6.42 Å². The molecule has 0 fully saturated rings. The average Bonchev–Trinajstić information content (AvgIpc) is 3.41. The summed E-state index contributed by atoms with van der Waals surface area (Å²) < 4.78 is 23.4. The summed E-state index contributed by atoms with van der Waals surface area (Å²) in [4.78, 5) is 25.6. The van der Waals surface area contributed by atoms with Gasteiger partial charge in [-0.05, 0) is 64.2 Å². The first kappa shape index (κ1) is 75.7. The van der Waals surface area contributed by atoms with E-state index in [4.69, 9.17) is 9.05 Å². The predicted molar refractivity (Wildman–Crippen MR) is 339 cm³/mol. The largest absolute Gasteiger partial charge is 0.756 e. The van der Waals surface area contributed by atoms with Gasteiger partial charge in [-0.2, -0.15) is 0 Å². The fourth-order valence-electron chi connectivity index (χ4n) is 9.56. The molecule has 3 atom stereocenters. The third-order valence-corrected chi connectivity index (χ3v) is 15.6. The quantitative estimate of drug-likeness (QED) is 0.0272. The van der Waals surface area contributed by atoms with Crippen LogP contribution < -0.4 is 10.2 Å². The van der Waals surface area contributed by atoms with Crippen LogP contribution in [0.1, 0.15) is 296 Å². The summed E-state index contributed by atoms with van der Waals surface area (Å²) in [6, 6.07) is -0.839. The van der Waals surface area contributed by atoms with Gasteiger partial charge in [0.15, 0.2) is 0 Å². The van der Waals surface area contributed by atoms with Crippen molar-refractivity contribution >= 4 is 13.7 Å². The van der Waals surface area contributed by atoms with Crippen molar-refractivity contribution in [3.63, 3.8) is 0 Å². The van der Waals surface area contributed by atoms with Gasteiger partial charge in [-0.25, -0.2) is 0 Å². The van der Waals surface area contributed by atoms with Gasteiger partial charge < -0.3 is 28.8 Å². The van der Waals surface area contributed by atoms with Crippen molar-refractivity contribution in [1.82, 2.24) is 5.32 Å². The lowest BCUT2D eigenvalue weighted by Crippen LogP contribution is -2.46. The Morgan fingerprint density at radius 1 is 0.462 bits per heavy atom. The SMILES string of the molecule is CC/C=C\C/C=C\C/C=C\C/C=C\C/C=C\C/C=C\C/C=C\CCCC(=O)NC(COP(=O)([O-])OCC[N+](C)(C)C)C(O)CCCCCCCCCCCCCCCCCCCCCCCCCCCCCCCCCCC. The van der Waals surface area contributed by atoms with E-state index in [1.165, 1.54) is 193 Å². The number of rotatable bonds is 60. The topological polar surface area (TPSA) is 108 Å². The van der Waals surface area contributed by atoms with Gasteiger partial charge in [-0.1, -0.05) is 311 Å². The molecule has 0 spiro atoms. The number of carbonyl (C=O) groups is 1. The normalized spacial score (nSPS) is 14.3. The van der Waals surface area contributed by atoms with Crippen molar-refractivity contribution in [3.05, 3.63) is 85.1 Å². The summed E-state index contributed by atoms with van der Waals surface area (Å²) in [5.41, 5.74) is 0. The molecule has 0 saturated heterocycles. The van der Waals surface area contributed by atoms with Crippen LogP contribution in [0.15, 0.2) is 85.1 Å². The minimum absolute atomic E-state index is 0.00280. The maximum atomic E-state index is 13.0. The zero-order valence-electron chi connectivity index (χ0n) is 51.9. The molecule has 0 heterocycles. The van der Waals surface area contributed by atoms with Crippen LogP contribution in [0.3, 0.4) is 0 Å². The first-order chi connectivity index (χ1) is 38.0. The molecule has 3 unspecified atom stereocenters. The van der Waals surface area contributed by atoms with E-state index in [2.05, 4.69) is 104 Å². The molecule has 0 aliphatic rings. The molecule has 8 nitrogen and oxygen atoms in total. The van der Waals surface area contributed by atoms with Gasteiger partial charge in [0.2, 0.25) is 5.91 Å². The van der Waals surface area contributed by atoms with Gasteiger partial charge in [0.05, 0.1) is 39.9 Å². The summed E-state index contributed by atoms with van der Waals surface area (Å²) >= 11 is 0. The first-order valence-corrected chi connectivity index (χ1v) is 34.4. The molecule has 2 N–H and O–H groups in total. The highest BCUT2D eigenvalue weighted by Crippen LogP contribution is 2.38. The van der Waals surface area contributed by atoms with Crippen LogP contribution in [0.4, 0.5) is 0 Å². The molecule has 0 aliphatic heterocycles. The van der Waals surface area contributed by atoms with E-state index in [0.717, 1.165) is 70.6 Å². The van der Waals surface area contributed by atoms with Crippen molar-refractivity contribution in [1.29, 1.82) is 0 Å². The highest BCUT2D eigenvalue weighted by atomic mass is 31.2. The highest BCUT2D eigenvalue weighted by Gasteiger charge is 2.24. The smallest absolute Gasteiger partial charge is 0.268 e. The summed E-state index contributed by atoms with van der Waals surface area (Å²) in [6.07, 6.45) is 83.8. The van der Waals surface area contributed by atoms with Gasteiger partial charge in [-0.15, -0.1) is 0 Å². The van der Waals surface area contributed by atoms with Crippen molar-refractivity contribution < 1.29 is 32.9 Å². The van der Waals surface area contributed by atoms with Gasteiger partial charge in [0.25, 0.3) is 7.82 Å². The lowest BCUT2D eigenvalue weighted by Gasteiger charge is -2.30. The zero-order chi connectivity index (χ0) is 57.0. The standard InChI is InChI=1S/C69H127N2O6P/c1-6-8-10-12-14-16-18-20-22-24-26-28-30-31-32-33-34-35-36-37-38-39-41-42-44-46-48-50-52-54-56-58-60-62-68(72)67(66-77-78(74,75)76-65-64-71(3,4)5)70-69(73)63-61-59-57-55-53-51-49-47-45-43-40-29-27-25-23-21-19-17-15-13-11-9-7-2/h9,11,15,17,21,23,27,29,43,45,49,51,55,57,67-68,72H,6-8,10,12-14,16,18-20,22,24-26,28,30-42,44,46-48,50,52-54,56,58-66H2,1-5H3,(H-,70,73,74,75)/b11-9-,17-15-,23-21-,29-27-,45-43-,51-49-,57-55-. The number of unbranched alkanes of at least 4 members (excludes halogenated alkanes) is 33.